The summed E-state index contributed by atoms with van der Waals surface area (Å²) in [6.07, 6.45) is 5.14. The van der Waals surface area contributed by atoms with Gasteiger partial charge in [0, 0.05) is 37.9 Å². The molecule has 0 radical (unpaired) electrons. The van der Waals surface area contributed by atoms with Crippen LogP contribution in [0.1, 0.15) is 28.1 Å². The van der Waals surface area contributed by atoms with Crippen molar-refractivity contribution in [2.45, 2.75) is 19.4 Å². The van der Waals surface area contributed by atoms with E-state index >= 15 is 0 Å². The summed E-state index contributed by atoms with van der Waals surface area (Å²) in [5, 5.41) is 4.85. The van der Waals surface area contributed by atoms with Crippen molar-refractivity contribution in [3.05, 3.63) is 76.5 Å². The summed E-state index contributed by atoms with van der Waals surface area (Å²) in [6, 6.07) is 11.9. The Morgan fingerprint density at radius 1 is 1.07 bits per heavy atom. The molecule has 2 amide bonds. The molecular formula is C22H22FN3O2S. The first kappa shape index (κ1) is 19.4. The first-order valence-electron chi connectivity index (χ1n) is 9.64. The summed E-state index contributed by atoms with van der Waals surface area (Å²) >= 11 is 1.45. The van der Waals surface area contributed by atoms with E-state index in [9.17, 15) is 14.0 Å². The number of hydrogen-bond donors (Lipinski definition) is 1. The maximum Gasteiger partial charge on any atom is 0.266 e. The molecular weight excluding hydrogens is 389 g/mol. The first-order chi connectivity index (χ1) is 14.1. The predicted octanol–water partition coefficient (Wildman–Crippen LogP) is 3.85. The van der Waals surface area contributed by atoms with E-state index < -0.39 is 0 Å². The van der Waals surface area contributed by atoms with Crippen LogP contribution in [-0.2, 0) is 11.3 Å². The van der Waals surface area contributed by atoms with Crippen molar-refractivity contribution in [3.8, 4) is 5.69 Å². The van der Waals surface area contributed by atoms with Crippen molar-refractivity contribution in [3.63, 3.8) is 0 Å². The Balaban J connectivity index is 1.31. The van der Waals surface area contributed by atoms with Crippen LogP contribution >= 0.6 is 11.3 Å². The van der Waals surface area contributed by atoms with Gasteiger partial charge < -0.3 is 14.8 Å². The summed E-state index contributed by atoms with van der Waals surface area (Å²) in [7, 11) is 0. The zero-order chi connectivity index (χ0) is 20.2. The molecule has 0 spiro atoms. The van der Waals surface area contributed by atoms with Gasteiger partial charge in [-0.25, -0.2) is 4.39 Å². The third kappa shape index (κ3) is 4.40. The summed E-state index contributed by atoms with van der Waals surface area (Å²) in [5.41, 5.74) is 1.76. The third-order valence-electron chi connectivity index (χ3n) is 5.25. The number of likely N-dealkylation sites (tertiary alicyclic amines) is 1. The van der Waals surface area contributed by atoms with Crippen molar-refractivity contribution in [2.75, 3.05) is 13.1 Å². The molecule has 150 valence electrons. The molecule has 1 N–H and O–H groups in total. The smallest absolute Gasteiger partial charge is 0.266 e. The van der Waals surface area contributed by atoms with Gasteiger partial charge in [0.05, 0.1) is 5.69 Å². The van der Waals surface area contributed by atoms with Crippen molar-refractivity contribution in [1.29, 1.82) is 0 Å². The van der Waals surface area contributed by atoms with Crippen molar-refractivity contribution in [1.82, 2.24) is 14.8 Å². The monoisotopic (exact) mass is 411 g/mol. The minimum Gasteiger partial charge on any atom is -0.352 e. The van der Waals surface area contributed by atoms with Crippen molar-refractivity contribution < 1.29 is 14.0 Å². The number of thiophene rings is 1. The number of carbonyl (C=O) groups is 2. The lowest BCUT2D eigenvalue weighted by Gasteiger charge is -2.31. The van der Waals surface area contributed by atoms with Gasteiger partial charge in [0.1, 0.15) is 10.7 Å². The van der Waals surface area contributed by atoms with Gasteiger partial charge in [-0.15, -0.1) is 11.3 Å². The van der Waals surface area contributed by atoms with E-state index in [-0.39, 0.29) is 23.5 Å². The molecule has 0 bridgehead atoms. The number of halogens is 1. The summed E-state index contributed by atoms with van der Waals surface area (Å²) in [6.45, 7) is 1.51. The zero-order valence-corrected chi connectivity index (χ0v) is 16.7. The number of amides is 2. The number of aromatic nitrogens is 1. The number of benzene rings is 1. The SMILES string of the molecule is O=C(NCc1ccc(F)cc1)C1CCN(C(=O)c2sccc2-n2cccc2)CC1. The lowest BCUT2D eigenvalue weighted by Crippen LogP contribution is -2.42. The Morgan fingerprint density at radius 2 is 1.76 bits per heavy atom. The zero-order valence-electron chi connectivity index (χ0n) is 15.9. The van der Waals surface area contributed by atoms with Crippen LogP contribution in [0.2, 0.25) is 0 Å². The molecule has 0 aliphatic carbocycles. The van der Waals surface area contributed by atoms with Crippen LogP contribution in [0.25, 0.3) is 5.69 Å². The van der Waals surface area contributed by atoms with Crippen LogP contribution < -0.4 is 5.32 Å². The molecule has 0 unspecified atom stereocenters. The fourth-order valence-corrected chi connectivity index (χ4v) is 4.44. The molecule has 1 aromatic carbocycles. The number of nitrogens with zero attached hydrogens (tertiary/aromatic N) is 2. The van der Waals surface area contributed by atoms with E-state index in [1.165, 1.54) is 23.5 Å². The van der Waals surface area contributed by atoms with E-state index in [0.717, 1.165) is 16.1 Å². The van der Waals surface area contributed by atoms with Crippen LogP contribution in [0.3, 0.4) is 0 Å². The highest BCUT2D eigenvalue weighted by molar-refractivity contribution is 7.12. The Labute approximate surface area is 172 Å². The number of carbonyl (C=O) groups excluding carboxylic acids is 2. The van der Waals surface area contributed by atoms with Crippen molar-refractivity contribution >= 4 is 23.2 Å². The summed E-state index contributed by atoms with van der Waals surface area (Å²) in [4.78, 5) is 28.0. The van der Waals surface area contributed by atoms with E-state index in [0.29, 0.717) is 32.5 Å². The minimum absolute atomic E-state index is 0.00872. The average Bonchev–Trinajstić information content (AvgIpc) is 3.44. The Kier molecular flexibility index (Phi) is 5.76. The fourth-order valence-electron chi connectivity index (χ4n) is 3.59. The van der Waals surface area contributed by atoms with Crippen LogP contribution in [0.5, 0.6) is 0 Å². The van der Waals surface area contributed by atoms with Gasteiger partial charge >= 0.3 is 0 Å². The largest absolute Gasteiger partial charge is 0.352 e. The van der Waals surface area contributed by atoms with Gasteiger partial charge in [0.2, 0.25) is 5.91 Å². The highest BCUT2D eigenvalue weighted by Crippen LogP contribution is 2.26. The molecule has 7 heteroatoms. The highest BCUT2D eigenvalue weighted by atomic mass is 32.1. The van der Waals surface area contributed by atoms with E-state index in [1.54, 1.807) is 12.1 Å². The number of hydrogen-bond acceptors (Lipinski definition) is 3. The molecule has 4 rings (SSSR count). The third-order valence-corrected chi connectivity index (χ3v) is 6.15. The lowest BCUT2D eigenvalue weighted by molar-refractivity contribution is -0.126. The molecule has 2 aromatic heterocycles. The van der Waals surface area contributed by atoms with Crippen LogP contribution in [0.15, 0.2) is 60.2 Å². The quantitative estimate of drug-likeness (QED) is 0.693. The standard InChI is InChI=1S/C22H22FN3O2S/c23-18-5-3-16(4-6-18)15-24-21(27)17-7-12-26(13-8-17)22(28)20-19(9-14-29-20)25-10-1-2-11-25/h1-6,9-11,14,17H,7-8,12-13,15H2,(H,24,27). The van der Waals surface area contributed by atoms with Gasteiger partial charge in [-0.1, -0.05) is 12.1 Å². The van der Waals surface area contributed by atoms with E-state index in [2.05, 4.69) is 5.32 Å². The minimum atomic E-state index is -0.289. The normalized spacial score (nSPS) is 14.7. The predicted molar refractivity (Wildman–Crippen MR) is 111 cm³/mol. The second-order valence-corrected chi connectivity index (χ2v) is 8.05. The molecule has 1 saturated heterocycles. The fraction of sp³-hybridized carbons (Fsp3) is 0.273. The van der Waals surface area contributed by atoms with E-state index in [1.807, 2.05) is 45.4 Å². The topological polar surface area (TPSA) is 54.3 Å². The van der Waals surface area contributed by atoms with Gasteiger partial charge in [0.25, 0.3) is 5.91 Å². The van der Waals surface area contributed by atoms with Crippen LogP contribution in [-0.4, -0.2) is 34.4 Å². The molecule has 3 aromatic rings. The van der Waals surface area contributed by atoms with Crippen LogP contribution in [0, 0.1) is 11.7 Å². The molecule has 1 aliphatic heterocycles. The van der Waals surface area contributed by atoms with Gasteiger partial charge in [-0.05, 0) is 54.1 Å². The molecule has 0 saturated carbocycles. The Hall–Kier alpha value is -2.93. The second-order valence-electron chi connectivity index (χ2n) is 7.14. The van der Waals surface area contributed by atoms with Gasteiger partial charge in [-0.3, -0.25) is 9.59 Å². The number of rotatable bonds is 5. The molecule has 5 nitrogen and oxygen atoms in total. The lowest BCUT2D eigenvalue weighted by atomic mass is 9.95. The highest BCUT2D eigenvalue weighted by Gasteiger charge is 2.29. The molecule has 1 fully saturated rings. The maximum absolute atomic E-state index is 13.0. The molecule has 29 heavy (non-hydrogen) atoms. The molecule has 1 aliphatic rings. The van der Waals surface area contributed by atoms with Crippen molar-refractivity contribution in [2.24, 2.45) is 5.92 Å². The molecule has 3 heterocycles. The Bertz CT molecular complexity index is 974. The van der Waals surface area contributed by atoms with Gasteiger partial charge in [-0.2, -0.15) is 0 Å². The molecule has 0 atom stereocenters. The average molecular weight is 412 g/mol. The summed E-state index contributed by atoms with van der Waals surface area (Å²) in [5.74, 6) is -0.381. The van der Waals surface area contributed by atoms with Gasteiger partial charge in [0.15, 0.2) is 0 Å². The van der Waals surface area contributed by atoms with Crippen LogP contribution in [0.4, 0.5) is 4.39 Å². The number of piperidine rings is 1. The number of nitrogens with one attached hydrogen (secondary N) is 1. The van der Waals surface area contributed by atoms with E-state index in [4.69, 9.17) is 0 Å². The summed E-state index contributed by atoms with van der Waals surface area (Å²) < 4.78 is 14.9. The maximum atomic E-state index is 13.0. The first-order valence-corrected chi connectivity index (χ1v) is 10.5. The second kappa shape index (κ2) is 8.61. The Morgan fingerprint density at radius 3 is 2.45 bits per heavy atom.